The number of carbonyl (C=O) groups excluding carboxylic acids is 2. The molecule has 1 saturated carbocycles. The molecule has 0 radical (unpaired) electrons. The van der Waals surface area contributed by atoms with Crippen LogP contribution in [0.3, 0.4) is 0 Å². The van der Waals surface area contributed by atoms with Gasteiger partial charge in [-0.1, -0.05) is 19.6 Å². The maximum Gasteiger partial charge on any atom is 0.271 e. The van der Waals surface area contributed by atoms with Gasteiger partial charge in [0.2, 0.25) is 0 Å². The van der Waals surface area contributed by atoms with Crippen molar-refractivity contribution < 1.29 is 14.3 Å². The minimum atomic E-state index is -0.656. The number of nitrogens with two attached hydrogens (primary N) is 1. The summed E-state index contributed by atoms with van der Waals surface area (Å²) in [5.41, 5.74) is 8.49. The van der Waals surface area contributed by atoms with E-state index in [1.54, 1.807) is 6.20 Å². The molecule has 2 aromatic carbocycles. The molecule has 2 unspecified atom stereocenters. The zero-order valence-corrected chi connectivity index (χ0v) is 25.2. The van der Waals surface area contributed by atoms with E-state index < -0.39 is 5.91 Å². The van der Waals surface area contributed by atoms with Crippen LogP contribution in [-0.4, -0.2) is 58.6 Å². The van der Waals surface area contributed by atoms with Crippen molar-refractivity contribution in [1.82, 2.24) is 20.6 Å². The van der Waals surface area contributed by atoms with Gasteiger partial charge in [-0.2, -0.15) is 0 Å². The molecule has 3 saturated heterocycles. The van der Waals surface area contributed by atoms with Crippen molar-refractivity contribution in [1.29, 1.82) is 0 Å². The van der Waals surface area contributed by atoms with Gasteiger partial charge in [-0.15, -0.1) is 0 Å². The predicted octanol–water partition coefficient (Wildman–Crippen LogP) is 5.28. The van der Waals surface area contributed by atoms with Gasteiger partial charge in [0.1, 0.15) is 17.7 Å². The number of primary amides is 1. The van der Waals surface area contributed by atoms with E-state index >= 15 is 0 Å². The Morgan fingerprint density at radius 2 is 1.69 bits per heavy atom. The first-order chi connectivity index (χ1) is 21.4. The number of nitrogens with one attached hydrogen (secondary N) is 3. The number of ether oxygens (including phenoxy) is 1. The fourth-order valence-electron chi connectivity index (χ4n) is 7.07. The average Bonchev–Trinajstić information content (AvgIpc) is 3.82. The number of piperidine rings is 2. The molecule has 4 aliphatic rings. The second kappa shape index (κ2) is 13.0. The van der Waals surface area contributed by atoms with Gasteiger partial charge >= 0.3 is 0 Å². The molecule has 3 aliphatic heterocycles. The van der Waals surface area contributed by atoms with Crippen LogP contribution in [0.25, 0.3) is 0 Å². The highest BCUT2D eigenvalue weighted by atomic mass is 16.5. The first-order valence-corrected chi connectivity index (χ1v) is 16.0. The quantitative estimate of drug-likeness (QED) is 0.257. The number of hydrogen-bond acceptors (Lipinski definition) is 8. The Labute approximate surface area is 265 Å². The van der Waals surface area contributed by atoms with Gasteiger partial charge in [0, 0.05) is 42.0 Å². The van der Waals surface area contributed by atoms with Gasteiger partial charge in [0.05, 0.1) is 6.20 Å². The molecule has 3 aromatic rings. The number of anilines is 3. The van der Waals surface area contributed by atoms with Crippen molar-refractivity contribution in [3.05, 3.63) is 71.5 Å². The van der Waals surface area contributed by atoms with Crippen LogP contribution in [0.2, 0.25) is 0 Å². The molecule has 4 heterocycles. The molecule has 7 rings (SSSR count). The second-order valence-corrected chi connectivity index (χ2v) is 12.8. The predicted molar refractivity (Wildman–Crippen MR) is 176 cm³/mol. The van der Waals surface area contributed by atoms with Crippen LogP contribution < -0.4 is 31.3 Å². The highest BCUT2D eigenvalue weighted by Crippen LogP contribution is 2.40. The van der Waals surface area contributed by atoms with Crippen LogP contribution in [0, 0.1) is 0 Å². The Morgan fingerprint density at radius 1 is 0.978 bits per heavy atom. The first kappa shape index (κ1) is 30.8. The van der Waals surface area contributed by atoms with E-state index in [2.05, 4.69) is 44.9 Å². The van der Waals surface area contributed by atoms with Gasteiger partial charge in [-0.3, -0.25) is 9.59 Å². The molecule has 2 bridgehead atoms. The lowest BCUT2D eigenvalue weighted by Gasteiger charge is -2.40. The largest absolute Gasteiger partial charge is 0.490 e. The van der Waals surface area contributed by atoms with Crippen LogP contribution in [-0.2, 0) is 0 Å². The maximum atomic E-state index is 13.1. The molecule has 10 heteroatoms. The summed E-state index contributed by atoms with van der Waals surface area (Å²) in [7, 11) is 0. The molecule has 10 nitrogen and oxygen atoms in total. The third kappa shape index (κ3) is 6.91. The van der Waals surface area contributed by atoms with E-state index in [1.807, 2.05) is 36.4 Å². The zero-order valence-electron chi connectivity index (χ0n) is 25.2. The van der Waals surface area contributed by atoms with Crippen molar-refractivity contribution in [2.24, 2.45) is 5.73 Å². The van der Waals surface area contributed by atoms with Gasteiger partial charge < -0.3 is 31.3 Å². The number of fused-ring (bicyclic) bond motifs is 2. The molecule has 4 fully saturated rings. The highest BCUT2D eigenvalue weighted by Gasteiger charge is 2.35. The summed E-state index contributed by atoms with van der Waals surface area (Å²) in [6.45, 7) is 2.85. The van der Waals surface area contributed by atoms with Crippen LogP contribution in [0.1, 0.15) is 98.0 Å². The molecule has 5 N–H and O–H groups in total. The summed E-state index contributed by atoms with van der Waals surface area (Å²) in [6.07, 6.45) is 10.6. The Balaban J connectivity index is 0.00000357. The topological polar surface area (TPSA) is 134 Å². The van der Waals surface area contributed by atoms with Crippen LogP contribution in [0.4, 0.5) is 17.3 Å². The molecule has 45 heavy (non-hydrogen) atoms. The van der Waals surface area contributed by atoms with Crippen molar-refractivity contribution in [2.45, 2.75) is 102 Å². The van der Waals surface area contributed by atoms with Gasteiger partial charge in [-0.05, 0) is 106 Å². The summed E-state index contributed by atoms with van der Waals surface area (Å²) >= 11 is 0. The number of aromatic nitrogens is 2. The standard InChI is InChI=1S/C34H41N7O3.CH4/c1-20-29(39-34(43)23-8-6-22(7-9-23)21-4-5-21)3-2-16-41(20)30-19-36-31(32(35)42)33(40-30)38-24-12-14-27(15-13-24)44-28-17-25-10-11-26(18-28)37-25;/h6-9,12-15,19-21,25-26,28-29,37H,2-5,10-11,16-18H2,1H3,(H2,35,42)(H,38,40)(H,39,43);1H4/t20-,25?,26?,28?,29-;/m1./s1. The monoisotopic (exact) mass is 611 g/mol. The summed E-state index contributed by atoms with van der Waals surface area (Å²) < 4.78 is 6.29. The third-order valence-corrected chi connectivity index (χ3v) is 9.66. The van der Waals surface area contributed by atoms with Crippen LogP contribution in [0.5, 0.6) is 5.75 Å². The number of nitrogens with zero attached hydrogens (tertiary/aromatic N) is 3. The molecule has 238 valence electrons. The van der Waals surface area contributed by atoms with Crippen molar-refractivity contribution in [3.63, 3.8) is 0 Å². The van der Waals surface area contributed by atoms with E-state index in [4.69, 9.17) is 15.5 Å². The first-order valence-electron chi connectivity index (χ1n) is 16.0. The van der Waals surface area contributed by atoms with Crippen molar-refractivity contribution in [2.75, 3.05) is 16.8 Å². The van der Waals surface area contributed by atoms with Crippen LogP contribution >= 0.6 is 0 Å². The van der Waals surface area contributed by atoms with Gasteiger partial charge in [0.15, 0.2) is 11.5 Å². The normalized spacial score (nSPS) is 25.6. The number of amides is 2. The van der Waals surface area contributed by atoms with E-state index in [0.717, 1.165) is 43.7 Å². The average molecular weight is 612 g/mol. The SMILES string of the molecule is C.C[C@@H]1[C@H](NC(=O)c2ccc(C3CC3)cc2)CCCN1c1cnc(C(N)=O)c(Nc2ccc(OC3CC4CCC(C3)N4)cc2)n1. The molecule has 1 aliphatic carbocycles. The van der Waals surface area contributed by atoms with E-state index in [0.29, 0.717) is 35.2 Å². The highest BCUT2D eigenvalue weighted by molar-refractivity contribution is 5.96. The zero-order chi connectivity index (χ0) is 30.2. The fraction of sp³-hybridized carbons (Fsp3) is 0.486. The number of benzene rings is 2. The Morgan fingerprint density at radius 3 is 2.36 bits per heavy atom. The second-order valence-electron chi connectivity index (χ2n) is 12.8. The Kier molecular flexibility index (Phi) is 8.94. The maximum absolute atomic E-state index is 13.1. The minimum Gasteiger partial charge on any atom is -0.490 e. The minimum absolute atomic E-state index is 0. The van der Waals surface area contributed by atoms with E-state index in [9.17, 15) is 9.59 Å². The molecule has 2 amide bonds. The molecular weight excluding hydrogens is 566 g/mol. The van der Waals surface area contributed by atoms with Gasteiger partial charge in [-0.25, -0.2) is 9.97 Å². The lowest BCUT2D eigenvalue weighted by Crippen LogP contribution is -2.54. The third-order valence-electron chi connectivity index (χ3n) is 9.66. The fourth-order valence-corrected chi connectivity index (χ4v) is 7.07. The molecule has 4 atom stereocenters. The molecule has 1 aromatic heterocycles. The van der Waals surface area contributed by atoms with Crippen LogP contribution in [0.15, 0.2) is 54.7 Å². The summed E-state index contributed by atoms with van der Waals surface area (Å²) in [4.78, 5) is 36.7. The van der Waals surface area contributed by atoms with Crippen molar-refractivity contribution in [3.8, 4) is 5.75 Å². The molecular formula is C35H45N7O3. The summed E-state index contributed by atoms with van der Waals surface area (Å²) in [5, 5.41) is 10.1. The number of carbonyl (C=O) groups is 2. The summed E-state index contributed by atoms with van der Waals surface area (Å²) in [5.74, 6) is 1.69. The molecule has 0 spiro atoms. The number of rotatable bonds is 9. The number of hydrogen-bond donors (Lipinski definition) is 4. The summed E-state index contributed by atoms with van der Waals surface area (Å²) in [6, 6.07) is 16.8. The van der Waals surface area contributed by atoms with E-state index in [1.165, 1.54) is 31.2 Å². The van der Waals surface area contributed by atoms with E-state index in [-0.39, 0.29) is 37.2 Å². The lowest BCUT2D eigenvalue weighted by molar-refractivity contribution is 0.0923. The smallest absolute Gasteiger partial charge is 0.271 e. The lowest BCUT2D eigenvalue weighted by atomic mass is 9.97. The Hall–Kier alpha value is -4.18. The van der Waals surface area contributed by atoms with Crippen molar-refractivity contribution >= 4 is 29.1 Å². The Bertz CT molecular complexity index is 1500. The van der Waals surface area contributed by atoms with Gasteiger partial charge in [0.25, 0.3) is 11.8 Å².